The Morgan fingerprint density at radius 3 is 2.50 bits per heavy atom. The zero-order valence-corrected chi connectivity index (χ0v) is 10.4. The van der Waals surface area contributed by atoms with E-state index in [1.54, 1.807) is 13.8 Å². The lowest BCUT2D eigenvalue weighted by molar-refractivity contribution is -0.137. The van der Waals surface area contributed by atoms with Crippen LogP contribution in [-0.4, -0.2) is 11.1 Å². The van der Waals surface area contributed by atoms with Crippen molar-refractivity contribution in [2.75, 3.05) is 0 Å². The second kappa shape index (κ2) is 5.91. The van der Waals surface area contributed by atoms with Gasteiger partial charge in [-0.15, -0.1) is 0 Å². The highest BCUT2D eigenvalue weighted by atomic mass is 19.1. The number of hydrogen-bond donors (Lipinski definition) is 2. The van der Waals surface area contributed by atoms with Crippen LogP contribution in [0.4, 0.5) is 8.78 Å². The molecule has 0 aliphatic heterocycles. The number of halogens is 2. The minimum atomic E-state index is -1.04. The first-order chi connectivity index (χ1) is 8.34. The van der Waals surface area contributed by atoms with E-state index in [9.17, 15) is 13.6 Å². The highest BCUT2D eigenvalue weighted by Gasteiger charge is 2.21. The Morgan fingerprint density at radius 1 is 1.39 bits per heavy atom. The number of carboxylic acids is 1. The molecule has 0 aliphatic rings. The van der Waals surface area contributed by atoms with Crippen LogP contribution >= 0.6 is 0 Å². The highest BCUT2D eigenvalue weighted by Crippen LogP contribution is 2.28. The van der Waals surface area contributed by atoms with Gasteiger partial charge in [0.25, 0.3) is 0 Å². The lowest BCUT2D eigenvalue weighted by Gasteiger charge is -2.16. The van der Waals surface area contributed by atoms with Crippen molar-refractivity contribution in [1.29, 1.82) is 0 Å². The minimum Gasteiger partial charge on any atom is -0.481 e. The fourth-order valence-electron chi connectivity index (χ4n) is 1.80. The quantitative estimate of drug-likeness (QED) is 0.852. The summed E-state index contributed by atoms with van der Waals surface area (Å²) in [7, 11) is 0. The van der Waals surface area contributed by atoms with Gasteiger partial charge in [-0.05, 0) is 24.0 Å². The molecule has 100 valence electrons. The Balaban J connectivity index is 3.06. The smallest absolute Gasteiger partial charge is 0.303 e. The molecule has 1 rings (SSSR count). The molecule has 5 heteroatoms. The van der Waals surface area contributed by atoms with E-state index in [2.05, 4.69) is 0 Å². The van der Waals surface area contributed by atoms with Crippen LogP contribution in [0.15, 0.2) is 12.1 Å². The Labute approximate surface area is 105 Å². The van der Waals surface area contributed by atoms with Gasteiger partial charge in [0, 0.05) is 18.0 Å². The predicted molar refractivity (Wildman–Crippen MR) is 64.2 cm³/mol. The van der Waals surface area contributed by atoms with E-state index in [4.69, 9.17) is 10.8 Å². The first-order valence-electron chi connectivity index (χ1n) is 5.79. The summed E-state index contributed by atoms with van der Waals surface area (Å²) in [4.78, 5) is 10.4. The lowest BCUT2D eigenvalue weighted by Crippen LogP contribution is -2.17. The van der Waals surface area contributed by atoms with Gasteiger partial charge in [-0.25, -0.2) is 8.78 Å². The zero-order chi connectivity index (χ0) is 13.9. The van der Waals surface area contributed by atoms with Crippen molar-refractivity contribution in [3.8, 4) is 0 Å². The molecular formula is C13H17F2NO2. The van der Waals surface area contributed by atoms with Gasteiger partial charge in [0.1, 0.15) is 11.6 Å². The standard InChI is InChI=1S/C13H17F2NO2/c1-7(2)8-3-4-9(14)12(13(8)15)10(16)5-6-11(17)18/h3-4,7,10H,5-6,16H2,1-2H3,(H,17,18). The molecule has 0 fully saturated rings. The average molecular weight is 257 g/mol. The van der Waals surface area contributed by atoms with E-state index in [0.717, 1.165) is 0 Å². The maximum absolute atomic E-state index is 14.1. The highest BCUT2D eigenvalue weighted by molar-refractivity contribution is 5.66. The van der Waals surface area contributed by atoms with Gasteiger partial charge in [-0.2, -0.15) is 0 Å². The molecule has 0 radical (unpaired) electrons. The maximum Gasteiger partial charge on any atom is 0.303 e. The SMILES string of the molecule is CC(C)c1ccc(F)c(C(N)CCC(=O)O)c1F. The average Bonchev–Trinajstić information content (AvgIpc) is 2.25. The van der Waals surface area contributed by atoms with Gasteiger partial charge < -0.3 is 10.8 Å². The van der Waals surface area contributed by atoms with E-state index in [-0.39, 0.29) is 24.3 Å². The Bertz CT molecular complexity index is 447. The van der Waals surface area contributed by atoms with Crippen LogP contribution in [0.2, 0.25) is 0 Å². The van der Waals surface area contributed by atoms with Crippen molar-refractivity contribution in [3.63, 3.8) is 0 Å². The first-order valence-corrected chi connectivity index (χ1v) is 5.79. The zero-order valence-electron chi connectivity index (χ0n) is 10.4. The first kappa shape index (κ1) is 14.6. The van der Waals surface area contributed by atoms with Gasteiger partial charge >= 0.3 is 5.97 Å². The molecule has 18 heavy (non-hydrogen) atoms. The molecule has 1 aromatic carbocycles. The van der Waals surface area contributed by atoms with Gasteiger partial charge in [0.15, 0.2) is 0 Å². The third-order valence-electron chi connectivity index (χ3n) is 2.82. The van der Waals surface area contributed by atoms with Crippen LogP contribution in [0, 0.1) is 11.6 Å². The van der Waals surface area contributed by atoms with Crippen molar-refractivity contribution in [1.82, 2.24) is 0 Å². The molecule has 0 aromatic heterocycles. The van der Waals surface area contributed by atoms with Crippen LogP contribution in [0.5, 0.6) is 0 Å². The molecule has 0 aliphatic carbocycles. The summed E-state index contributed by atoms with van der Waals surface area (Å²) in [6, 6.07) is 1.62. The Morgan fingerprint density at radius 2 is 2.00 bits per heavy atom. The topological polar surface area (TPSA) is 63.3 Å². The molecule has 0 amide bonds. The number of carbonyl (C=O) groups is 1. The molecule has 1 atom stereocenters. The molecule has 0 saturated carbocycles. The predicted octanol–water partition coefficient (Wildman–Crippen LogP) is 2.95. The number of aliphatic carboxylic acids is 1. The van der Waals surface area contributed by atoms with E-state index in [1.165, 1.54) is 12.1 Å². The molecule has 1 aromatic rings. The van der Waals surface area contributed by atoms with Crippen molar-refractivity contribution in [2.45, 2.75) is 38.6 Å². The number of hydrogen-bond acceptors (Lipinski definition) is 2. The number of nitrogens with two attached hydrogens (primary N) is 1. The van der Waals surface area contributed by atoms with Gasteiger partial charge in [0.2, 0.25) is 0 Å². The van der Waals surface area contributed by atoms with E-state index >= 15 is 0 Å². The normalized spacial score (nSPS) is 12.8. The largest absolute Gasteiger partial charge is 0.481 e. The van der Waals surface area contributed by atoms with Crippen LogP contribution in [0.3, 0.4) is 0 Å². The van der Waals surface area contributed by atoms with Crippen molar-refractivity contribution < 1.29 is 18.7 Å². The molecule has 0 heterocycles. The summed E-state index contributed by atoms with van der Waals surface area (Å²) < 4.78 is 27.7. The summed E-state index contributed by atoms with van der Waals surface area (Å²) in [5, 5.41) is 8.55. The van der Waals surface area contributed by atoms with E-state index in [0.29, 0.717) is 5.56 Å². The lowest BCUT2D eigenvalue weighted by atomic mass is 9.94. The van der Waals surface area contributed by atoms with Crippen molar-refractivity contribution in [2.24, 2.45) is 5.73 Å². The van der Waals surface area contributed by atoms with Crippen LogP contribution < -0.4 is 5.73 Å². The summed E-state index contributed by atoms with van der Waals surface area (Å²) in [5.74, 6) is -2.51. The summed E-state index contributed by atoms with van der Waals surface area (Å²) in [6.45, 7) is 3.59. The molecule has 3 N–H and O–H groups in total. The van der Waals surface area contributed by atoms with Gasteiger partial charge in [-0.1, -0.05) is 19.9 Å². The second-order valence-corrected chi connectivity index (χ2v) is 4.56. The Hall–Kier alpha value is -1.49. The molecular weight excluding hydrogens is 240 g/mol. The molecule has 3 nitrogen and oxygen atoms in total. The van der Waals surface area contributed by atoms with Crippen molar-refractivity contribution in [3.05, 3.63) is 34.9 Å². The number of benzene rings is 1. The summed E-state index contributed by atoms with van der Waals surface area (Å²) in [6.07, 6.45) is -0.212. The third kappa shape index (κ3) is 3.26. The monoisotopic (exact) mass is 257 g/mol. The second-order valence-electron chi connectivity index (χ2n) is 4.56. The molecule has 0 spiro atoms. The third-order valence-corrected chi connectivity index (χ3v) is 2.82. The Kier molecular flexibility index (Phi) is 4.78. The van der Waals surface area contributed by atoms with Crippen molar-refractivity contribution >= 4 is 5.97 Å². The van der Waals surface area contributed by atoms with E-state index in [1.807, 2.05) is 0 Å². The van der Waals surface area contributed by atoms with E-state index < -0.39 is 23.6 Å². The fourth-order valence-corrected chi connectivity index (χ4v) is 1.80. The fraction of sp³-hybridized carbons (Fsp3) is 0.462. The molecule has 1 unspecified atom stereocenters. The number of carboxylic acid groups (broad SMARTS) is 1. The summed E-state index contributed by atoms with van der Waals surface area (Å²) >= 11 is 0. The van der Waals surface area contributed by atoms with Crippen LogP contribution in [0.25, 0.3) is 0 Å². The van der Waals surface area contributed by atoms with Gasteiger partial charge in [0.05, 0.1) is 0 Å². The minimum absolute atomic E-state index is 0.00468. The van der Waals surface area contributed by atoms with Gasteiger partial charge in [-0.3, -0.25) is 4.79 Å². The van der Waals surface area contributed by atoms with Crippen LogP contribution in [0.1, 0.15) is 49.8 Å². The maximum atomic E-state index is 14.1. The summed E-state index contributed by atoms with van der Waals surface area (Å²) in [5.41, 5.74) is 5.84. The molecule has 0 saturated heterocycles. The molecule has 0 bridgehead atoms. The number of rotatable bonds is 5. The van der Waals surface area contributed by atoms with Crippen LogP contribution in [-0.2, 0) is 4.79 Å².